The van der Waals surface area contributed by atoms with Gasteiger partial charge < -0.3 is 10.6 Å². The van der Waals surface area contributed by atoms with Gasteiger partial charge in [-0.3, -0.25) is 0 Å². The van der Waals surface area contributed by atoms with E-state index in [0.29, 0.717) is 0 Å². The summed E-state index contributed by atoms with van der Waals surface area (Å²) >= 11 is 0. The first-order valence-corrected chi connectivity index (χ1v) is 5.22. The SMILES string of the molecule is CC(N)Cc1cccnc1N1CCC1. The van der Waals surface area contributed by atoms with Crippen molar-refractivity contribution in [2.24, 2.45) is 5.73 Å². The van der Waals surface area contributed by atoms with Crippen molar-refractivity contribution in [3.63, 3.8) is 0 Å². The minimum Gasteiger partial charge on any atom is -0.356 e. The fraction of sp³-hybridized carbons (Fsp3) is 0.545. The number of anilines is 1. The van der Waals surface area contributed by atoms with Gasteiger partial charge in [0.05, 0.1) is 0 Å². The molecule has 0 spiro atoms. The first-order chi connectivity index (χ1) is 6.77. The topological polar surface area (TPSA) is 42.1 Å². The minimum absolute atomic E-state index is 0.208. The summed E-state index contributed by atoms with van der Waals surface area (Å²) in [6.45, 7) is 4.32. The Balaban J connectivity index is 2.19. The highest BCUT2D eigenvalue weighted by atomic mass is 15.2. The molecule has 1 aliphatic heterocycles. The maximum Gasteiger partial charge on any atom is 0.131 e. The van der Waals surface area contributed by atoms with Crippen LogP contribution in [-0.2, 0) is 6.42 Å². The molecular formula is C11H17N3. The monoisotopic (exact) mass is 191 g/mol. The smallest absolute Gasteiger partial charge is 0.131 e. The maximum absolute atomic E-state index is 5.81. The van der Waals surface area contributed by atoms with Crippen LogP contribution in [0.2, 0.25) is 0 Å². The molecule has 1 aliphatic rings. The van der Waals surface area contributed by atoms with Gasteiger partial charge in [-0.15, -0.1) is 0 Å². The van der Waals surface area contributed by atoms with Gasteiger partial charge in [0.15, 0.2) is 0 Å². The quantitative estimate of drug-likeness (QED) is 0.780. The van der Waals surface area contributed by atoms with Crippen LogP contribution in [0.5, 0.6) is 0 Å². The summed E-state index contributed by atoms with van der Waals surface area (Å²) < 4.78 is 0. The van der Waals surface area contributed by atoms with Gasteiger partial charge in [0.2, 0.25) is 0 Å². The Labute approximate surface area is 84.9 Å². The average Bonchev–Trinajstić information content (AvgIpc) is 2.04. The third-order valence-electron chi connectivity index (χ3n) is 2.56. The highest BCUT2D eigenvalue weighted by molar-refractivity contribution is 5.48. The van der Waals surface area contributed by atoms with Crippen molar-refractivity contribution in [1.29, 1.82) is 0 Å². The number of hydrogen-bond acceptors (Lipinski definition) is 3. The van der Waals surface area contributed by atoms with E-state index in [1.165, 1.54) is 12.0 Å². The van der Waals surface area contributed by atoms with Crippen LogP contribution < -0.4 is 10.6 Å². The van der Waals surface area contributed by atoms with Gasteiger partial charge in [-0.2, -0.15) is 0 Å². The summed E-state index contributed by atoms with van der Waals surface area (Å²) in [5.41, 5.74) is 7.09. The minimum atomic E-state index is 0.208. The lowest BCUT2D eigenvalue weighted by molar-refractivity contribution is 0.603. The Bertz CT molecular complexity index is 305. The Morgan fingerprint density at radius 1 is 1.57 bits per heavy atom. The highest BCUT2D eigenvalue weighted by Crippen LogP contribution is 2.22. The molecule has 0 aromatic carbocycles. The molecule has 76 valence electrons. The van der Waals surface area contributed by atoms with E-state index in [9.17, 15) is 0 Å². The zero-order valence-corrected chi connectivity index (χ0v) is 8.61. The number of rotatable bonds is 3. The maximum atomic E-state index is 5.81. The van der Waals surface area contributed by atoms with Crippen molar-refractivity contribution in [3.05, 3.63) is 23.9 Å². The molecule has 1 unspecified atom stereocenters. The van der Waals surface area contributed by atoms with Gasteiger partial charge >= 0.3 is 0 Å². The van der Waals surface area contributed by atoms with Gasteiger partial charge in [0.25, 0.3) is 0 Å². The molecular weight excluding hydrogens is 174 g/mol. The van der Waals surface area contributed by atoms with E-state index in [1.54, 1.807) is 0 Å². The van der Waals surface area contributed by atoms with Crippen LogP contribution in [0, 0.1) is 0 Å². The number of hydrogen-bond donors (Lipinski definition) is 1. The number of nitrogens with two attached hydrogens (primary N) is 1. The van der Waals surface area contributed by atoms with Gasteiger partial charge in [0, 0.05) is 25.3 Å². The third-order valence-corrected chi connectivity index (χ3v) is 2.56. The molecule has 1 atom stereocenters. The van der Waals surface area contributed by atoms with Gasteiger partial charge in [-0.25, -0.2) is 4.98 Å². The predicted octanol–water partition coefficient (Wildman–Crippen LogP) is 1.18. The van der Waals surface area contributed by atoms with E-state index < -0.39 is 0 Å². The van der Waals surface area contributed by atoms with Crippen LogP contribution in [0.15, 0.2) is 18.3 Å². The second-order valence-corrected chi connectivity index (χ2v) is 4.01. The van der Waals surface area contributed by atoms with E-state index in [2.05, 4.69) is 16.0 Å². The molecule has 2 rings (SSSR count). The Morgan fingerprint density at radius 2 is 2.36 bits per heavy atom. The summed E-state index contributed by atoms with van der Waals surface area (Å²) in [6, 6.07) is 4.32. The second kappa shape index (κ2) is 3.96. The van der Waals surface area contributed by atoms with Crippen molar-refractivity contribution < 1.29 is 0 Å². The second-order valence-electron chi connectivity index (χ2n) is 4.01. The molecule has 1 saturated heterocycles. The molecule has 3 nitrogen and oxygen atoms in total. The molecule has 2 N–H and O–H groups in total. The van der Waals surface area contributed by atoms with E-state index >= 15 is 0 Å². The Hall–Kier alpha value is -1.09. The normalized spacial score (nSPS) is 17.7. The zero-order chi connectivity index (χ0) is 9.97. The molecule has 0 amide bonds. The fourth-order valence-electron chi connectivity index (χ4n) is 1.75. The molecule has 0 radical (unpaired) electrons. The molecule has 3 heteroatoms. The summed E-state index contributed by atoms with van der Waals surface area (Å²) in [4.78, 5) is 6.74. The number of nitrogens with zero attached hydrogens (tertiary/aromatic N) is 2. The average molecular weight is 191 g/mol. The van der Waals surface area contributed by atoms with E-state index in [1.807, 2.05) is 19.2 Å². The molecule has 0 aliphatic carbocycles. The standard InChI is InChI=1S/C11H17N3/c1-9(12)8-10-4-2-5-13-11(10)14-6-3-7-14/h2,4-5,9H,3,6-8,12H2,1H3. The Morgan fingerprint density at radius 3 is 2.93 bits per heavy atom. The van der Waals surface area contributed by atoms with E-state index in [-0.39, 0.29) is 6.04 Å². The van der Waals surface area contributed by atoms with Gasteiger partial charge in [-0.1, -0.05) is 6.07 Å². The molecule has 1 aromatic rings. The third kappa shape index (κ3) is 1.87. The first-order valence-electron chi connectivity index (χ1n) is 5.22. The lowest BCUT2D eigenvalue weighted by Crippen LogP contribution is -2.38. The van der Waals surface area contributed by atoms with Crippen molar-refractivity contribution in [2.75, 3.05) is 18.0 Å². The van der Waals surface area contributed by atoms with Gasteiger partial charge in [-0.05, 0) is 31.4 Å². The van der Waals surface area contributed by atoms with Crippen molar-refractivity contribution in [2.45, 2.75) is 25.8 Å². The molecule has 1 aromatic heterocycles. The molecule has 2 heterocycles. The largest absolute Gasteiger partial charge is 0.356 e. The van der Waals surface area contributed by atoms with Gasteiger partial charge in [0.1, 0.15) is 5.82 Å². The summed E-state index contributed by atoms with van der Waals surface area (Å²) in [5, 5.41) is 0. The summed E-state index contributed by atoms with van der Waals surface area (Å²) in [6.07, 6.45) is 4.06. The molecule has 0 bridgehead atoms. The van der Waals surface area contributed by atoms with Crippen molar-refractivity contribution in [3.8, 4) is 0 Å². The lowest BCUT2D eigenvalue weighted by atomic mass is 10.1. The lowest BCUT2D eigenvalue weighted by Gasteiger charge is -2.33. The fourth-order valence-corrected chi connectivity index (χ4v) is 1.75. The van der Waals surface area contributed by atoms with E-state index in [4.69, 9.17) is 5.73 Å². The zero-order valence-electron chi connectivity index (χ0n) is 8.61. The Kier molecular flexibility index (Phi) is 2.68. The van der Waals surface area contributed by atoms with Crippen molar-refractivity contribution >= 4 is 5.82 Å². The number of aromatic nitrogens is 1. The first kappa shape index (κ1) is 9.46. The van der Waals surface area contributed by atoms with Crippen LogP contribution >= 0.6 is 0 Å². The highest BCUT2D eigenvalue weighted by Gasteiger charge is 2.18. The van der Waals surface area contributed by atoms with Crippen LogP contribution in [0.1, 0.15) is 18.9 Å². The number of pyridine rings is 1. The van der Waals surface area contributed by atoms with Crippen LogP contribution in [0.3, 0.4) is 0 Å². The molecule has 1 fully saturated rings. The summed E-state index contributed by atoms with van der Waals surface area (Å²) in [5.74, 6) is 1.14. The van der Waals surface area contributed by atoms with Crippen LogP contribution in [0.25, 0.3) is 0 Å². The van der Waals surface area contributed by atoms with Crippen LogP contribution in [-0.4, -0.2) is 24.1 Å². The molecule has 14 heavy (non-hydrogen) atoms. The van der Waals surface area contributed by atoms with E-state index in [0.717, 1.165) is 25.3 Å². The predicted molar refractivity (Wildman–Crippen MR) is 58.4 cm³/mol. The van der Waals surface area contributed by atoms with Crippen molar-refractivity contribution in [1.82, 2.24) is 4.98 Å². The van der Waals surface area contributed by atoms with Crippen LogP contribution in [0.4, 0.5) is 5.82 Å². The molecule has 0 saturated carbocycles. The summed E-state index contributed by atoms with van der Waals surface area (Å²) in [7, 11) is 0.